The third kappa shape index (κ3) is 2.93. The van der Waals surface area contributed by atoms with Crippen LogP contribution in [0.15, 0.2) is 29.6 Å². The average Bonchev–Trinajstić information content (AvgIpc) is 3.07. The van der Waals surface area contributed by atoms with Gasteiger partial charge >= 0.3 is 0 Å². The normalized spacial score (nSPS) is 23.5. The molecular formula is C19H22N2O2S. The topological polar surface area (TPSA) is 42.4 Å². The van der Waals surface area contributed by atoms with Crippen molar-refractivity contribution in [2.24, 2.45) is 5.92 Å². The van der Waals surface area contributed by atoms with Crippen molar-refractivity contribution in [3.8, 4) is 5.75 Å². The maximum Gasteiger partial charge on any atom is 0.230 e. The number of carbonyl (C=O) groups excluding carboxylic acids is 1. The molecule has 1 saturated heterocycles. The zero-order chi connectivity index (χ0) is 16.5. The van der Waals surface area contributed by atoms with Gasteiger partial charge in [-0.1, -0.05) is 18.2 Å². The number of ether oxygens (including phenoxy) is 1. The number of nitrogens with zero attached hydrogens (tertiary/aromatic N) is 2. The van der Waals surface area contributed by atoms with Crippen molar-refractivity contribution in [2.75, 3.05) is 13.2 Å². The number of hydrogen-bond donors (Lipinski definition) is 0. The summed E-state index contributed by atoms with van der Waals surface area (Å²) in [6.45, 7) is 3.33. The third-order valence-electron chi connectivity index (χ3n) is 4.94. The minimum atomic E-state index is -0.0819. The Hall–Kier alpha value is -1.88. The van der Waals surface area contributed by atoms with Crippen LogP contribution < -0.4 is 4.74 Å². The van der Waals surface area contributed by atoms with Crippen LogP contribution in [0.1, 0.15) is 41.6 Å². The number of aromatic nitrogens is 1. The highest BCUT2D eigenvalue weighted by Gasteiger charge is 2.35. The van der Waals surface area contributed by atoms with Gasteiger partial charge in [0, 0.05) is 17.6 Å². The number of para-hydroxylation sites is 1. The number of piperidine rings is 1. The third-order valence-corrected chi connectivity index (χ3v) is 6.00. The molecule has 2 aliphatic rings. The molecule has 0 spiro atoms. The average molecular weight is 342 g/mol. The summed E-state index contributed by atoms with van der Waals surface area (Å²) < 4.78 is 5.83. The Bertz CT molecular complexity index is 742. The highest BCUT2D eigenvalue weighted by atomic mass is 32.1. The van der Waals surface area contributed by atoms with Crippen molar-refractivity contribution in [3.05, 3.63) is 45.9 Å². The van der Waals surface area contributed by atoms with Crippen LogP contribution in [-0.2, 0) is 11.2 Å². The van der Waals surface area contributed by atoms with Gasteiger partial charge in [-0.3, -0.25) is 4.79 Å². The van der Waals surface area contributed by atoms with E-state index in [2.05, 4.69) is 21.3 Å². The molecule has 0 N–H and O–H groups in total. The lowest BCUT2D eigenvalue weighted by Crippen LogP contribution is -2.44. The van der Waals surface area contributed by atoms with Crippen LogP contribution in [0.4, 0.5) is 0 Å². The fraction of sp³-hybridized carbons (Fsp3) is 0.474. The Morgan fingerprint density at radius 1 is 1.33 bits per heavy atom. The smallest absolute Gasteiger partial charge is 0.230 e. The molecule has 2 atom stereocenters. The Kier molecular flexibility index (Phi) is 4.27. The lowest BCUT2D eigenvalue weighted by molar-refractivity contribution is -0.141. The lowest BCUT2D eigenvalue weighted by atomic mass is 9.93. The Balaban J connectivity index is 1.54. The van der Waals surface area contributed by atoms with E-state index in [0.29, 0.717) is 6.61 Å². The molecule has 0 unspecified atom stereocenters. The molecule has 0 aliphatic carbocycles. The number of benzene rings is 1. The van der Waals surface area contributed by atoms with Crippen molar-refractivity contribution in [2.45, 2.75) is 38.6 Å². The number of hydrogen-bond acceptors (Lipinski definition) is 4. The van der Waals surface area contributed by atoms with E-state index >= 15 is 0 Å². The minimum Gasteiger partial charge on any atom is -0.492 e. The molecule has 2 aliphatic heterocycles. The molecule has 0 saturated carbocycles. The van der Waals surface area contributed by atoms with Crippen LogP contribution in [0, 0.1) is 12.8 Å². The van der Waals surface area contributed by atoms with Crippen LogP contribution in [-0.4, -0.2) is 28.9 Å². The molecule has 1 amide bonds. The largest absolute Gasteiger partial charge is 0.492 e. The predicted octanol–water partition coefficient (Wildman–Crippen LogP) is 3.76. The maximum atomic E-state index is 13.2. The van der Waals surface area contributed by atoms with Crippen LogP contribution in [0.25, 0.3) is 0 Å². The highest BCUT2D eigenvalue weighted by Crippen LogP contribution is 2.35. The molecule has 5 heteroatoms. The van der Waals surface area contributed by atoms with Crippen LogP contribution in [0.3, 0.4) is 0 Å². The molecule has 1 aromatic heterocycles. The number of rotatable bonds is 2. The standard InChI is InChI=1S/C19H22N2O2S/c1-13-12-24-18(20-13)16-7-4-5-9-21(16)19(22)15-10-14-6-2-3-8-17(14)23-11-15/h2-3,6,8,12,15-16H,4-5,7,9-11H2,1H3/t15-,16-/m0/s1. The summed E-state index contributed by atoms with van der Waals surface area (Å²) in [6.07, 6.45) is 4.03. The first-order chi connectivity index (χ1) is 11.7. The first-order valence-electron chi connectivity index (χ1n) is 8.65. The summed E-state index contributed by atoms with van der Waals surface area (Å²) in [4.78, 5) is 19.9. The molecule has 24 heavy (non-hydrogen) atoms. The molecule has 4 nitrogen and oxygen atoms in total. The van der Waals surface area contributed by atoms with Gasteiger partial charge in [0.1, 0.15) is 17.4 Å². The lowest BCUT2D eigenvalue weighted by Gasteiger charge is -2.37. The quantitative estimate of drug-likeness (QED) is 0.834. The Morgan fingerprint density at radius 3 is 3.04 bits per heavy atom. The van der Waals surface area contributed by atoms with Gasteiger partial charge in [0.2, 0.25) is 5.91 Å². The van der Waals surface area contributed by atoms with E-state index in [1.54, 1.807) is 11.3 Å². The van der Waals surface area contributed by atoms with Gasteiger partial charge < -0.3 is 9.64 Å². The van der Waals surface area contributed by atoms with Crippen molar-refractivity contribution in [3.63, 3.8) is 0 Å². The molecule has 1 fully saturated rings. The summed E-state index contributed by atoms with van der Waals surface area (Å²) >= 11 is 1.68. The van der Waals surface area contributed by atoms with Gasteiger partial charge in [-0.05, 0) is 44.2 Å². The van der Waals surface area contributed by atoms with Gasteiger partial charge in [0.15, 0.2) is 0 Å². The highest BCUT2D eigenvalue weighted by molar-refractivity contribution is 7.09. The van der Waals surface area contributed by atoms with Crippen molar-refractivity contribution < 1.29 is 9.53 Å². The second-order valence-electron chi connectivity index (χ2n) is 6.69. The summed E-state index contributed by atoms with van der Waals surface area (Å²) in [5, 5.41) is 3.16. The zero-order valence-corrected chi connectivity index (χ0v) is 14.7. The zero-order valence-electron chi connectivity index (χ0n) is 13.9. The summed E-state index contributed by atoms with van der Waals surface area (Å²) in [6, 6.07) is 8.18. The molecule has 3 heterocycles. The first kappa shape index (κ1) is 15.6. The molecule has 2 aromatic rings. The van der Waals surface area contributed by atoms with Crippen molar-refractivity contribution >= 4 is 17.2 Å². The maximum absolute atomic E-state index is 13.2. The summed E-state index contributed by atoms with van der Waals surface area (Å²) in [7, 11) is 0. The van der Waals surface area contributed by atoms with Gasteiger partial charge in [-0.2, -0.15) is 0 Å². The Labute approximate surface area is 146 Å². The van der Waals surface area contributed by atoms with Gasteiger partial charge in [-0.15, -0.1) is 11.3 Å². The number of likely N-dealkylation sites (tertiary alicyclic amines) is 1. The number of fused-ring (bicyclic) bond motifs is 1. The summed E-state index contributed by atoms with van der Waals surface area (Å²) in [5.41, 5.74) is 2.18. The van der Waals surface area contributed by atoms with Crippen molar-refractivity contribution in [1.29, 1.82) is 0 Å². The number of amides is 1. The van der Waals surface area contributed by atoms with E-state index in [1.165, 1.54) is 0 Å². The van der Waals surface area contributed by atoms with E-state index in [4.69, 9.17) is 4.74 Å². The van der Waals surface area contributed by atoms with Crippen LogP contribution >= 0.6 is 11.3 Å². The van der Waals surface area contributed by atoms with E-state index in [1.807, 2.05) is 25.1 Å². The molecular weight excluding hydrogens is 320 g/mol. The molecule has 0 bridgehead atoms. The number of thiazole rings is 1. The predicted molar refractivity (Wildman–Crippen MR) is 94.3 cm³/mol. The van der Waals surface area contributed by atoms with E-state index < -0.39 is 0 Å². The SMILES string of the molecule is Cc1csc([C@@H]2CCCCN2C(=O)[C@@H]2COc3ccccc3C2)n1. The number of aryl methyl sites for hydroxylation is 1. The van der Waals surface area contributed by atoms with E-state index in [-0.39, 0.29) is 17.9 Å². The van der Waals surface area contributed by atoms with Gasteiger partial charge in [0.25, 0.3) is 0 Å². The summed E-state index contributed by atoms with van der Waals surface area (Å²) in [5.74, 6) is 1.07. The van der Waals surface area contributed by atoms with Crippen LogP contribution in [0.5, 0.6) is 5.75 Å². The van der Waals surface area contributed by atoms with Gasteiger partial charge in [-0.25, -0.2) is 4.98 Å². The minimum absolute atomic E-state index is 0.0819. The molecule has 126 valence electrons. The second-order valence-corrected chi connectivity index (χ2v) is 7.58. The van der Waals surface area contributed by atoms with Crippen LogP contribution in [0.2, 0.25) is 0 Å². The van der Waals surface area contributed by atoms with E-state index in [9.17, 15) is 4.79 Å². The molecule has 0 radical (unpaired) electrons. The second kappa shape index (κ2) is 6.55. The van der Waals surface area contributed by atoms with Gasteiger partial charge in [0.05, 0.1) is 12.0 Å². The molecule has 1 aromatic carbocycles. The molecule has 4 rings (SSSR count). The monoisotopic (exact) mass is 342 g/mol. The van der Waals surface area contributed by atoms with Crippen molar-refractivity contribution in [1.82, 2.24) is 9.88 Å². The fourth-order valence-corrected chi connectivity index (χ4v) is 4.64. The number of carbonyl (C=O) groups is 1. The van der Waals surface area contributed by atoms with E-state index in [0.717, 1.165) is 54.2 Å². The fourth-order valence-electron chi connectivity index (χ4n) is 3.70. The first-order valence-corrected chi connectivity index (χ1v) is 9.53. The Morgan fingerprint density at radius 2 is 2.21 bits per heavy atom.